The lowest BCUT2D eigenvalue weighted by atomic mass is 10.2. The van der Waals surface area contributed by atoms with Gasteiger partial charge in [-0.25, -0.2) is 0 Å². The van der Waals surface area contributed by atoms with E-state index in [2.05, 4.69) is 15.4 Å². The summed E-state index contributed by atoms with van der Waals surface area (Å²) in [5.74, 6) is -0.810. The van der Waals surface area contributed by atoms with E-state index in [1.165, 1.54) is 31.2 Å². The van der Waals surface area contributed by atoms with Crippen molar-refractivity contribution >= 4 is 23.2 Å². The van der Waals surface area contributed by atoms with Gasteiger partial charge in [-0.3, -0.25) is 9.59 Å². The largest absolute Gasteiger partial charge is 0.435 e. The number of halogens is 2. The Kier molecular flexibility index (Phi) is 5.24. The van der Waals surface area contributed by atoms with Gasteiger partial charge in [0.1, 0.15) is 5.75 Å². The van der Waals surface area contributed by atoms with Crippen LogP contribution < -0.4 is 15.4 Å². The van der Waals surface area contributed by atoms with Gasteiger partial charge in [0.2, 0.25) is 5.91 Å². The van der Waals surface area contributed by atoms with E-state index in [0.29, 0.717) is 11.4 Å². The molecule has 0 atom stereocenters. The number of amides is 2. The number of benzene rings is 2. The van der Waals surface area contributed by atoms with Gasteiger partial charge >= 0.3 is 6.61 Å². The monoisotopic (exact) mass is 320 g/mol. The Labute approximate surface area is 131 Å². The number of rotatable bonds is 5. The molecule has 0 aliphatic rings. The molecule has 2 aromatic rings. The summed E-state index contributed by atoms with van der Waals surface area (Å²) in [7, 11) is 0. The van der Waals surface area contributed by atoms with Crippen molar-refractivity contribution in [3.05, 3.63) is 54.1 Å². The SMILES string of the molecule is CC(=O)Nc1cccc(NC(=O)c2cccc(OC(F)F)c2)c1. The van der Waals surface area contributed by atoms with Crippen LogP contribution in [0.4, 0.5) is 20.2 Å². The average Bonchev–Trinajstić information content (AvgIpc) is 2.46. The van der Waals surface area contributed by atoms with Crippen LogP contribution in [-0.4, -0.2) is 18.4 Å². The molecule has 5 nitrogen and oxygen atoms in total. The number of hydrogen-bond acceptors (Lipinski definition) is 3. The second-order valence-corrected chi connectivity index (χ2v) is 4.62. The van der Waals surface area contributed by atoms with Gasteiger partial charge in [0, 0.05) is 23.9 Å². The zero-order valence-electron chi connectivity index (χ0n) is 12.2. The van der Waals surface area contributed by atoms with Crippen molar-refractivity contribution in [1.82, 2.24) is 0 Å². The Balaban J connectivity index is 2.11. The molecule has 2 amide bonds. The highest BCUT2D eigenvalue weighted by molar-refractivity contribution is 6.04. The second-order valence-electron chi connectivity index (χ2n) is 4.62. The third-order valence-electron chi connectivity index (χ3n) is 2.76. The molecule has 0 radical (unpaired) electrons. The molecule has 0 saturated carbocycles. The summed E-state index contributed by atoms with van der Waals surface area (Å²) in [6, 6.07) is 12.0. The maximum Gasteiger partial charge on any atom is 0.387 e. The number of carbonyl (C=O) groups is 2. The maximum atomic E-state index is 12.2. The highest BCUT2D eigenvalue weighted by Crippen LogP contribution is 2.19. The summed E-state index contributed by atoms with van der Waals surface area (Å²) >= 11 is 0. The van der Waals surface area contributed by atoms with Gasteiger partial charge in [-0.15, -0.1) is 0 Å². The molecule has 0 aliphatic heterocycles. The topological polar surface area (TPSA) is 67.4 Å². The van der Waals surface area contributed by atoms with E-state index in [-0.39, 0.29) is 17.2 Å². The van der Waals surface area contributed by atoms with Crippen molar-refractivity contribution in [2.24, 2.45) is 0 Å². The second kappa shape index (κ2) is 7.35. The lowest BCUT2D eigenvalue weighted by molar-refractivity contribution is -0.114. The highest BCUT2D eigenvalue weighted by atomic mass is 19.3. The molecule has 0 fully saturated rings. The first-order valence-corrected chi connectivity index (χ1v) is 6.68. The van der Waals surface area contributed by atoms with Gasteiger partial charge in [-0.1, -0.05) is 12.1 Å². The number of alkyl halides is 2. The smallest absolute Gasteiger partial charge is 0.387 e. The fraction of sp³-hybridized carbons (Fsp3) is 0.125. The first kappa shape index (κ1) is 16.4. The van der Waals surface area contributed by atoms with Gasteiger partial charge < -0.3 is 15.4 Å². The zero-order chi connectivity index (χ0) is 16.8. The molecule has 7 heteroatoms. The standard InChI is InChI=1S/C16H14F2N2O3/c1-10(21)19-12-5-3-6-13(9-12)20-15(22)11-4-2-7-14(8-11)23-16(17)18/h2-9,16H,1H3,(H,19,21)(H,20,22). The minimum atomic E-state index is -2.96. The number of anilines is 2. The van der Waals surface area contributed by atoms with Crippen molar-refractivity contribution in [1.29, 1.82) is 0 Å². The summed E-state index contributed by atoms with van der Waals surface area (Å²) in [5, 5.41) is 5.21. The van der Waals surface area contributed by atoms with E-state index in [0.717, 1.165) is 0 Å². The van der Waals surface area contributed by atoms with Crippen LogP contribution in [0.2, 0.25) is 0 Å². The molecule has 2 rings (SSSR count). The fourth-order valence-corrected chi connectivity index (χ4v) is 1.89. The van der Waals surface area contributed by atoms with Gasteiger partial charge in [-0.05, 0) is 36.4 Å². The van der Waals surface area contributed by atoms with Crippen LogP contribution in [0, 0.1) is 0 Å². The molecule has 0 aliphatic carbocycles. The quantitative estimate of drug-likeness (QED) is 0.886. The Hall–Kier alpha value is -2.96. The first-order valence-electron chi connectivity index (χ1n) is 6.68. The lowest BCUT2D eigenvalue weighted by Crippen LogP contribution is -2.13. The van der Waals surface area contributed by atoms with Crippen LogP contribution in [0.25, 0.3) is 0 Å². The Morgan fingerprint density at radius 3 is 2.30 bits per heavy atom. The van der Waals surface area contributed by atoms with E-state index in [9.17, 15) is 18.4 Å². The van der Waals surface area contributed by atoms with Crippen LogP contribution in [0.5, 0.6) is 5.75 Å². The average molecular weight is 320 g/mol. The zero-order valence-corrected chi connectivity index (χ0v) is 12.2. The molecular weight excluding hydrogens is 306 g/mol. The van der Waals surface area contributed by atoms with Gasteiger partial charge in [-0.2, -0.15) is 8.78 Å². The molecule has 0 spiro atoms. The van der Waals surface area contributed by atoms with E-state index in [1.807, 2.05) is 0 Å². The van der Waals surface area contributed by atoms with Crippen molar-refractivity contribution < 1.29 is 23.1 Å². The number of carbonyl (C=O) groups excluding carboxylic acids is 2. The van der Waals surface area contributed by atoms with Crippen molar-refractivity contribution in [2.45, 2.75) is 13.5 Å². The molecule has 120 valence electrons. The van der Waals surface area contributed by atoms with Gasteiger partial charge in [0.05, 0.1) is 0 Å². The van der Waals surface area contributed by atoms with Crippen molar-refractivity contribution in [3.8, 4) is 5.75 Å². The maximum absolute atomic E-state index is 12.2. The van der Waals surface area contributed by atoms with E-state index < -0.39 is 12.5 Å². The van der Waals surface area contributed by atoms with E-state index in [4.69, 9.17) is 0 Å². The van der Waals surface area contributed by atoms with Crippen LogP contribution in [0.1, 0.15) is 17.3 Å². The van der Waals surface area contributed by atoms with Crippen LogP contribution in [-0.2, 0) is 4.79 Å². The predicted molar refractivity (Wildman–Crippen MR) is 81.8 cm³/mol. The first-order chi connectivity index (χ1) is 10.9. The molecule has 0 unspecified atom stereocenters. The van der Waals surface area contributed by atoms with Crippen LogP contribution >= 0.6 is 0 Å². The normalized spacial score (nSPS) is 10.3. The molecule has 2 aromatic carbocycles. The van der Waals surface area contributed by atoms with E-state index in [1.54, 1.807) is 24.3 Å². The lowest BCUT2D eigenvalue weighted by Gasteiger charge is -2.09. The Morgan fingerprint density at radius 1 is 1.00 bits per heavy atom. The summed E-state index contributed by atoms with van der Waals surface area (Å²) in [6.07, 6.45) is 0. The molecule has 0 saturated heterocycles. The third-order valence-corrected chi connectivity index (χ3v) is 2.76. The third kappa shape index (κ3) is 5.06. The van der Waals surface area contributed by atoms with Crippen LogP contribution in [0.15, 0.2) is 48.5 Å². The molecule has 0 aromatic heterocycles. The fourth-order valence-electron chi connectivity index (χ4n) is 1.89. The highest BCUT2D eigenvalue weighted by Gasteiger charge is 2.10. The summed E-state index contributed by atoms with van der Waals surface area (Å²) in [6.45, 7) is -1.58. The number of nitrogens with one attached hydrogen (secondary N) is 2. The minimum Gasteiger partial charge on any atom is -0.435 e. The molecule has 23 heavy (non-hydrogen) atoms. The summed E-state index contributed by atoms with van der Waals surface area (Å²) < 4.78 is 28.6. The van der Waals surface area contributed by atoms with Crippen LogP contribution in [0.3, 0.4) is 0 Å². The van der Waals surface area contributed by atoms with E-state index >= 15 is 0 Å². The molecule has 0 heterocycles. The van der Waals surface area contributed by atoms with Gasteiger partial charge in [0.15, 0.2) is 0 Å². The predicted octanol–water partition coefficient (Wildman–Crippen LogP) is 3.50. The summed E-state index contributed by atoms with van der Waals surface area (Å²) in [4.78, 5) is 23.2. The van der Waals surface area contributed by atoms with Crippen molar-refractivity contribution in [3.63, 3.8) is 0 Å². The minimum absolute atomic E-state index is 0.0975. The van der Waals surface area contributed by atoms with Crippen molar-refractivity contribution in [2.75, 3.05) is 10.6 Å². The van der Waals surface area contributed by atoms with Gasteiger partial charge in [0.25, 0.3) is 5.91 Å². The molecule has 0 bridgehead atoms. The summed E-state index contributed by atoms with van der Waals surface area (Å²) in [5.41, 5.74) is 1.17. The molecular formula is C16H14F2N2O3. The molecule has 2 N–H and O–H groups in total. The number of ether oxygens (including phenoxy) is 1. The number of hydrogen-bond donors (Lipinski definition) is 2. The Morgan fingerprint density at radius 2 is 1.65 bits per heavy atom. The Bertz CT molecular complexity index is 720.